The van der Waals surface area contributed by atoms with E-state index in [1.54, 1.807) is 0 Å². The fourth-order valence-electron chi connectivity index (χ4n) is 2.48. The zero-order chi connectivity index (χ0) is 12.3. The molecule has 1 saturated heterocycles. The van der Waals surface area contributed by atoms with Gasteiger partial charge < -0.3 is 10.6 Å². The van der Waals surface area contributed by atoms with Crippen LogP contribution in [0, 0.1) is 19.3 Å². The van der Waals surface area contributed by atoms with Crippen LogP contribution in [0.1, 0.15) is 35.3 Å². The van der Waals surface area contributed by atoms with Gasteiger partial charge >= 0.3 is 0 Å². The average Bonchev–Trinajstić information content (AvgIpc) is 2.58. The molecule has 17 heavy (non-hydrogen) atoms. The first kappa shape index (κ1) is 13.0. The van der Waals surface area contributed by atoms with Gasteiger partial charge in [-0.3, -0.25) is 0 Å². The molecule has 2 N–H and O–H groups in total. The first-order chi connectivity index (χ1) is 8.09. The lowest BCUT2D eigenvalue weighted by atomic mass is 9.83. The molecule has 1 aliphatic heterocycles. The molecule has 2 rings (SSSR count). The highest BCUT2D eigenvalue weighted by molar-refractivity contribution is 7.11. The van der Waals surface area contributed by atoms with E-state index in [2.05, 4.69) is 36.4 Å². The smallest absolute Gasteiger partial charge is 0.0900 e. The summed E-state index contributed by atoms with van der Waals surface area (Å²) >= 11 is 1.81. The Morgan fingerprint density at radius 2 is 2.29 bits per heavy atom. The molecule has 3 nitrogen and oxygen atoms in total. The van der Waals surface area contributed by atoms with E-state index in [-0.39, 0.29) is 0 Å². The number of hydrogen-bond acceptors (Lipinski definition) is 4. The summed E-state index contributed by atoms with van der Waals surface area (Å²) in [5, 5.41) is 8.26. The van der Waals surface area contributed by atoms with Crippen molar-refractivity contribution < 1.29 is 0 Å². The Morgan fingerprint density at radius 3 is 2.88 bits per heavy atom. The molecular weight excluding hydrogens is 230 g/mol. The number of hydrogen-bond donors (Lipinski definition) is 2. The van der Waals surface area contributed by atoms with Crippen molar-refractivity contribution in [3.05, 3.63) is 15.6 Å². The van der Waals surface area contributed by atoms with Gasteiger partial charge in [0.1, 0.15) is 0 Å². The number of aromatic nitrogens is 1. The number of rotatable bonds is 4. The monoisotopic (exact) mass is 253 g/mol. The summed E-state index contributed by atoms with van der Waals surface area (Å²) < 4.78 is 0. The topological polar surface area (TPSA) is 37.0 Å². The molecule has 1 unspecified atom stereocenters. The van der Waals surface area contributed by atoms with Crippen LogP contribution in [0.25, 0.3) is 0 Å². The predicted molar refractivity (Wildman–Crippen MR) is 73.5 cm³/mol. The highest BCUT2D eigenvalue weighted by atomic mass is 32.1. The standard InChI is InChI=1S/C13H23N3S/c1-10-12(17-11(2)16-10)7-15-9-13(3)5-4-6-14-8-13/h14-15H,4-9H2,1-3H3. The Morgan fingerprint density at radius 1 is 1.47 bits per heavy atom. The maximum absolute atomic E-state index is 4.46. The van der Waals surface area contributed by atoms with Crippen LogP contribution in [0.2, 0.25) is 0 Å². The molecule has 4 heteroatoms. The molecule has 0 aromatic carbocycles. The zero-order valence-corrected chi connectivity index (χ0v) is 11.9. The molecule has 1 aromatic rings. The molecule has 0 bridgehead atoms. The fraction of sp³-hybridized carbons (Fsp3) is 0.769. The third-order valence-corrected chi connectivity index (χ3v) is 4.60. The second kappa shape index (κ2) is 5.46. The molecular formula is C13H23N3S. The van der Waals surface area contributed by atoms with E-state index >= 15 is 0 Å². The van der Waals surface area contributed by atoms with Crippen molar-refractivity contribution >= 4 is 11.3 Å². The Labute approximate surface area is 108 Å². The van der Waals surface area contributed by atoms with Crippen molar-refractivity contribution in [2.75, 3.05) is 19.6 Å². The lowest BCUT2D eigenvalue weighted by Crippen LogP contribution is -2.44. The Balaban J connectivity index is 1.81. The normalized spacial score (nSPS) is 25.1. The SMILES string of the molecule is Cc1nc(C)c(CNCC2(C)CCCNC2)s1. The van der Waals surface area contributed by atoms with E-state index in [9.17, 15) is 0 Å². The summed E-state index contributed by atoms with van der Waals surface area (Å²) in [6, 6.07) is 0. The van der Waals surface area contributed by atoms with Gasteiger partial charge in [-0.05, 0) is 38.6 Å². The molecule has 1 aromatic heterocycles. The second-order valence-electron chi connectivity index (χ2n) is 5.44. The van der Waals surface area contributed by atoms with Crippen LogP contribution >= 0.6 is 11.3 Å². The highest BCUT2D eigenvalue weighted by Crippen LogP contribution is 2.24. The van der Waals surface area contributed by atoms with Crippen molar-refractivity contribution in [1.29, 1.82) is 0 Å². The molecule has 1 atom stereocenters. The van der Waals surface area contributed by atoms with Gasteiger partial charge in [0, 0.05) is 24.5 Å². The first-order valence-electron chi connectivity index (χ1n) is 6.43. The van der Waals surface area contributed by atoms with Crippen molar-refractivity contribution in [3.8, 4) is 0 Å². The van der Waals surface area contributed by atoms with Gasteiger partial charge in [0.15, 0.2) is 0 Å². The Kier molecular flexibility index (Phi) is 4.17. The minimum absolute atomic E-state index is 0.423. The maximum atomic E-state index is 4.46. The van der Waals surface area contributed by atoms with Crippen molar-refractivity contribution in [3.63, 3.8) is 0 Å². The predicted octanol–water partition coefficient (Wildman–Crippen LogP) is 2.24. The van der Waals surface area contributed by atoms with Crippen molar-refractivity contribution in [2.24, 2.45) is 5.41 Å². The fourth-order valence-corrected chi connectivity index (χ4v) is 3.39. The summed E-state index contributed by atoms with van der Waals surface area (Å²) in [5.74, 6) is 0. The Hall–Kier alpha value is -0.450. The van der Waals surface area contributed by atoms with E-state index in [1.807, 2.05) is 11.3 Å². The summed E-state index contributed by atoms with van der Waals surface area (Å²) in [6.45, 7) is 10.9. The third-order valence-electron chi connectivity index (χ3n) is 3.52. The quantitative estimate of drug-likeness (QED) is 0.864. The van der Waals surface area contributed by atoms with E-state index in [4.69, 9.17) is 0 Å². The molecule has 0 saturated carbocycles. The van der Waals surface area contributed by atoms with Gasteiger partial charge in [0.2, 0.25) is 0 Å². The first-order valence-corrected chi connectivity index (χ1v) is 7.25. The number of aryl methyl sites for hydroxylation is 2. The average molecular weight is 253 g/mol. The molecule has 2 heterocycles. The minimum Gasteiger partial charge on any atom is -0.316 e. The number of thiazole rings is 1. The van der Waals surface area contributed by atoms with E-state index < -0.39 is 0 Å². The van der Waals surface area contributed by atoms with Gasteiger partial charge in [-0.2, -0.15) is 0 Å². The van der Waals surface area contributed by atoms with E-state index in [0.29, 0.717) is 5.41 Å². The van der Waals surface area contributed by atoms with Crippen LogP contribution < -0.4 is 10.6 Å². The van der Waals surface area contributed by atoms with Crippen LogP contribution in [-0.2, 0) is 6.54 Å². The van der Waals surface area contributed by atoms with Gasteiger partial charge in [0.25, 0.3) is 0 Å². The number of nitrogens with one attached hydrogen (secondary N) is 2. The van der Waals surface area contributed by atoms with E-state index in [1.165, 1.54) is 35.0 Å². The maximum Gasteiger partial charge on any atom is 0.0900 e. The molecule has 0 spiro atoms. The van der Waals surface area contributed by atoms with Crippen LogP contribution in [0.3, 0.4) is 0 Å². The van der Waals surface area contributed by atoms with Crippen LogP contribution in [-0.4, -0.2) is 24.6 Å². The molecule has 96 valence electrons. The number of piperidine rings is 1. The highest BCUT2D eigenvalue weighted by Gasteiger charge is 2.26. The lowest BCUT2D eigenvalue weighted by molar-refractivity contribution is 0.226. The van der Waals surface area contributed by atoms with Gasteiger partial charge in [0.05, 0.1) is 10.7 Å². The minimum atomic E-state index is 0.423. The third kappa shape index (κ3) is 3.50. The molecule has 1 fully saturated rings. The Bertz CT molecular complexity index is 367. The summed E-state index contributed by atoms with van der Waals surface area (Å²) in [4.78, 5) is 5.84. The molecule has 0 radical (unpaired) electrons. The van der Waals surface area contributed by atoms with Crippen LogP contribution in [0.4, 0.5) is 0 Å². The summed E-state index contributed by atoms with van der Waals surface area (Å²) in [5.41, 5.74) is 1.61. The summed E-state index contributed by atoms with van der Waals surface area (Å²) in [7, 11) is 0. The van der Waals surface area contributed by atoms with Gasteiger partial charge in [-0.1, -0.05) is 6.92 Å². The largest absolute Gasteiger partial charge is 0.316 e. The number of nitrogens with zero attached hydrogens (tertiary/aromatic N) is 1. The summed E-state index contributed by atoms with van der Waals surface area (Å²) in [6.07, 6.45) is 2.63. The second-order valence-corrected chi connectivity index (χ2v) is 6.72. The van der Waals surface area contributed by atoms with Gasteiger partial charge in [-0.25, -0.2) is 4.98 Å². The lowest BCUT2D eigenvalue weighted by Gasteiger charge is -2.34. The van der Waals surface area contributed by atoms with Crippen molar-refractivity contribution in [1.82, 2.24) is 15.6 Å². The van der Waals surface area contributed by atoms with Gasteiger partial charge in [-0.15, -0.1) is 11.3 Å². The molecule has 0 aliphatic carbocycles. The van der Waals surface area contributed by atoms with Crippen LogP contribution in [0.5, 0.6) is 0 Å². The van der Waals surface area contributed by atoms with E-state index in [0.717, 1.165) is 19.6 Å². The van der Waals surface area contributed by atoms with Crippen molar-refractivity contribution in [2.45, 2.75) is 40.2 Å². The molecule has 1 aliphatic rings. The zero-order valence-electron chi connectivity index (χ0n) is 11.1. The van der Waals surface area contributed by atoms with Crippen LogP contribution in [0.15, 0.2) is 0 Å². The molecule has 0 amide bonds.